The van der Waals surface area contributed by atoms with Crippen LogP contribution in [0.3, 0.4) is 0 Å². The van der Waals surface area contributed by atoms with Gasteiger partial charge >= 0.3 is 11.9 Å². The summed E-state index contributed by atoms with van der Waals surface area (Å²) in [6.07, 6.45) is 0. The average molecular weight is 206 g/mol. The topological polar surface area (TPSA) is 63.6 Å². The van der Waals surface area contributed by atoms with E-state index in [0.717, 1.165) is 11.8 Å². The van der Waals surface area contributed by atoms with E-state index in [-0.39, 0.29) is 11.7 Å². The van der Waals surface area contributed by atoms with Gasteiger partial charge in [0.05, 0.1) is 12.4 Å². The van der Waals surface area contributed by atoms with Crippen LogP contribution in [-0.4, -0.2) is 34.2 Å². The normalized spacial score (nSPS) is 11.0. The molecule has 0 aromatic heterocycles. The molecule has 0 saturated carbocycles. The van der Waals surface area contributed by atoms with Gasteiger partial charge in [0, 0.05) is 0 Å². The molecule has 0 heterocycles. The number of aliphatic carboxylic acids is 1. The van der Waals surface area contributed by atoms with Crippen LogP contribution in [0.15, 0.2) is 0 Å². The molecule has 0 spiro atoms. The van der Waals surface area contributed by atoms with Gasteiger partial charge in [-0.25, -0.2) is 0 Å². The molecule has 5 heteroatoms. The summed E-state index contributed by atoms with van der Waals surface area (Å²) >= 11 is 1.06. The Morgan fingerprint density at radius 2 is 2.00 bits per heavy atom. The number of thioether (sulfide) groups is 1. The van der Waals surface area contributed by atoms with Gasteiger partial charge in [0.15, 0.2) is 0 Å². The van der Waals surface area contributed by atoms with Crippen LogP contribution in [0.4, 0.5) is 0 Å². The zero-order valence-corrected chi connectivity index (χ0v) is 8.81. The standard InChI is InChI=1S/C8H14O4S/c1-4-12-6(9)5-13-8(2,3)7(10)11/h4-5H2,1-3H3,(H,10,11). The largest absolute Gasteiger partial charge is 0.480 e. The number of esters is 1. The van der Waals surface area contributed by atoms with Gasteiger partial charge in [0.2, 0.25) is 0 Å². The van der Waals surface area contributed by atoms with Crippen LogP contribution in [0.2, 0.25) is 0 Å². The fourth-order valence-electron chi connectivity index (χ4n) is 0.504. The van der Waals surface area contributed by atoms with Crippen LogP contribution < -0.4 is 0 Å². The molecule has 1 N–H and O–H groups in total. The van der Waals surface area contributed by atoms with Crippen molar-refractivity contribution in [2.24, 2.45) is 0 Å². The smallest absolute Gasteiger partial charge is 0.319 e. The number of rotatable bonds is 5. The van der Waals surface area contributed by atoms with E-state index in [0.29, 0.717) is 6.61 Å². The van der Waals surface area contributed by atoms with Crippen LogP contribution in [0.5, 0.6) is 0 Å². The number of hydrogen-bond donors (Lipinski definition) is 1. The lowest BCUT2D eigenvalue weighted by molar-refractivity contribution is -0.139. The number of carbonyl (C=O) groups is 2. The summed E-state index contributed by atoms with van der Waals surface area (Å²) in [6, 6.07) is 0. The highest BCUT2D eigenvalue weighted by Crippen LogP contribution is 2.24. The molecule has 0 fully saturated rings. The molecule has 0 rings (SSSR count). The second kappa shape index (κ2) is 5.11. The molecule has 0 aliphatic rings. The molecule has 4 nitrogen and oxygen atoms in total. The first-order chi connectivity index (χ1) is 5.90. The summed E-state index contributed by atoms with van der Waals surface area (Å²) in [4.78, 5) is 21.5. The van der Waals surface area contributed by atoms with Crippen LogP contribution in [0.1, 0.15) is 20.8 Å². The number of carboxylic acid groups (broad SMARTS) is 1. The van der Waals surface area contributed by atoms with Gasteiger partial charge in [-0.05, 0) is 20.8 Å². The van der Waals surface area contributed by atoms with Gasteiger partial charge in [0.1, 0.15) is 4.75 Å². The minimum atomic E-state index is -0.938. The van der Waals surface area contributed by atoms with E-state index in [1.54, 1.807) is 20.8 Å². The van der Waals surface area contributed by atoms with E-state index < -0.39 is 10.7 Å². The molecule has 13 heavy (non-hydrogen) atoms. The summed E-state index contributed by atoms with van der Waals surface area (Å²) in [7, 11) is 0. The van der Waals surface area contributed by atoms with Crippen molar-refractivity contribution in [1.29, 1.82) is 0 Å². The Morgan fingerprint density at radius 1 is 1.46 bits per heavy atom. The molecular weight excluding hydrogens is 192 g/mol. The molecule has 0 aromatic carbocycles. The maximum absolute atomic E-state index is 10.9. The third kappa shape index (κ3) is 4.77. The number of carbonyl (C=O) groups excluding carboxylic acids is 1. The Bertz CT molecular complexity index is 200. The second-order valence-electron chi connectivity index (χ2n) is 2.91. The van der Waals surface area contributed by atoms with Crippen molar-refractivity contribution in [3.05, 3.63) is 0 Å². The molecule has 0 saturated heterocycles. The molecule has 0 aliphatic carbocycles. The molecule has 0 atom stereocenters. The van der Waals surface area contributed by atoms with E-state index in [1.807, 2.05) is 0 Å². The van der Waals surface area contributed by atoms with E-state index in [9.17, 15) is 9.59 Å². The molecule has 76 valence electrons. The van der Waals surface area contributed by atoms with E-state index in [2.05, 4.69) is 4.74 Å². The first-order valence-electron chi connectivity index (χ1n) is 3.93. The molecule has 0 aromatic rings. The van der Waals surface area contributed by atoms with Crippen molar-refractivity contribution in [2.45, 2.75) is 25.5 Å². The summed E-state index contributed by atoms with van der Waals surface area (Å²) < 4.78 is 3.73. The van der Waals surface area contributed by atoms with Crippen molar-refractivity contribution in [3.63, 3.8) is 0 Å². The minimum Gasteiger partial charge on any atom is -0.480 e. The fourth-order valence-corrected chi connectivity index (χ4v) is 1.19. The van der Waals surface area contributed by atoms with Crippen LogP contribution in [-0.2, 0) is 14.3 Å². The van der Waals surface area contributed by atoms with Crippen molar-refractivity contribution in [3.8, 4) is 0 Å². The Balaban J connectivity index is 3.88. The summed E-state index contributed by atoms with van der Waals surface area (Å²) in [6.45, 7) is 5.15. The third-order valence-corrected chi connectivity index (χ3v) is 2.65. The molecule has 0 radical (unpaired) electrons. The SMILES string of the molecule is CCOC(=O)CSC(C)(C)C(=O)O. The maximum Gasteiger partial charge on any atom is 0.319 e. The summed E-state index contributed by atoms with van der Waals surface area (Å²) in [5.74, 6) is -1.23. The first kappa shape index (κ1) is 12.3. The zero-order valence-electron chi connectivity index (χ0n) is 7.99. The van der Waals surface area contributed by atoms with Crippen molar-refractivity contribution in [1.82, 2.24) is 0 Å². The van der Waals surface area contributed by atoms with Gasteiger partial charge < -0.3 is 9.84 Å². The Hall–Kier alpha value is -0.710. The van der Waals surface area contributed by atoms with Gasteiger partial charge in [0.25, 0.3) is 0 Å². The van der Waals surface area contributed by atoms with Gasteiger partial charge in [-0.15, -0.1) is 11.8 Å². The molecule has 0 unspecified atom stereocenters. The van der Waals surface area contributed by atoms with Crippen LogP contribution in [0.25, 0.3) is 0 Å². The second-order valence-corrected chi connectivity index (χ2v) is 4.51. The van der Waals surface area contributed by atoms with Crippen LogP contribution >= 0.6 is 11.8 Å². The lowest BCUT2D eigenvalue weighted by Gasteiger charge is -2.17. The van der Waals surface area contributed by atoms with Crippen LogP contribution in [0, 0.1) is 0 Å². The van der Waals surface area contributed by atoms with Crippen molar-refractivity contribution < 1.29 is 19.4 Å². The number of hydrogen-bond acceptors (Lipinski definition) is 4. The predicted molar refractivity (Wildman–Crippen MR) is 50.8 cm³/mol. The van der Waals surface area contributed by atoms with Crippen molar-refractivity contribution in [2.75, 3.05) is 12.4 Å². The predicted octanol–water partition coefficient (Wildman–Crippen LogP) is 1.15. The fraction of sp³-hybridized carbons (Fsp3) is 0.750. The molecular formula is C8H14O4S. The molecule has 0 bridgehead atoms. The lowest BCUT2D eigenvalue weighted by Crippen LogP contribution is -2.29. The Labute approximate surface area is 81.6 Å². The minimum absolute atomic E-state index is 0.0765. The van der Waals surface area contributed by atoms with Crippen molar-refractivity contribution >= 4 is 23.7 Å². The average Bonchev–Trinajstić information content (AvgIpc) is 2.01. The van der Waals surface area contributed by atoms with Gasteiger partial charge in [-0.2, -0.15) is 0 Å². The number of carboxylic acids is 1. The highest BCUT2D eigenvalue weighted by Gasteiger charge is 2.28. The van der Waals surface area contributed by atoms with E-state index in [1.165, 1.54) is 0 Å². The van der Waals surface area contributed by atoms with E-state index >= 15 is 0 Å². The van der Waals surface area contributed by atoms with Gasteiger partial charge in [-0.3, -0.25) is 9.59 Å². The summed E-state index contributed by atoms with van der Waals surface area (Å²) in [5, 5.41) is 8.71. The summed E-state index contributed by atoms with van der Waals surface area (Å²) in [5.41, 5.74) is 0. The number of ether oxygens (including phenoxy) is 1. The first-order valence-corrected chi connectivity index (χ1v) is 4.91. The third-order valence-electron chi connectivity index (χ3n) is 1.37. The zero-order chi connectivity index (χ0) is 10.5. The maximum atomic E-state index is 10.9. The highest BCUT2D eigenvalue weighted by atomic mass is 32.2. The monoisotopic (exact) mass is 206 g/mol. The molecule has 0 amide bonds. The highest BCUT2D eigenvalue weighted by molar-refractivity contribution is 8.01. The quantitative estimate of drug-likeness (QED) is 0.683. The Kier molecular flexibility index (Phi) is 4.83. The van der Waals surface area contributed by atoms with E-state index in [4.69, 9.17) is 5.11 Å². The Morgan fingerprint density at radius 3 is 2.38 bits per heavy atom. The van der Waals surface area contributed by atoms with Gasteiger partial charge in [-0.1, -0.05) is 0 Å². The molecule has 0 aliphatic heterocycles. The lowest BCUT2D eigenvalue weighted by atomic mass is 10.2.